The van der Waals surface area contributed by atoms with E-state index in [1.165, 1.54) is 16.8 Å². The highest BCUT2D eigenvalue weighted by atomic mass is 19.1. The summed E-state index contributed by atoms with van der Waals surface area (Å²) in [5.41, 5.74) is 3.66. The van der Waals surface area contributed by atoms with Gasteiger partial charge in [0.05, 0.1) is 11.2 Å². The Labute approximate surface area is 154 Å². The van der Waals surface area contributed by atoms with Gasteiger partial charge >= 0.3 is 0 Å². The second-order valence-corrected chi connectivity index (χ2v) is 6.21. The van der Waals surface area contributed by atoms with Gasteiger partial charge in [-0.3, -0.25) is 9.48 Å². The summed E-state index contributed by atoms with van der Waals surface area (Å²) in [5.74, 6) is -0.116. The molecule has 3 aromatic heterocycles. The van der Waals surface area contributed by atoms with E-state index in [9.17, 15) is 9.18 Å². The van der Waals surface area contributed by atoms with Gasteiger partial charge in [0.25, 0.3) is 5.91 Å². The third-order valence-electron chi connectivity index (χ3n) is 4.33. The highest BCUT2D eigenvalue weighted by Gasteiger charge is 2.12. The van der Waals surface area contributed by atoms with Gasteiger partial charge in [-0.05, 0) is 48.9 Å². The van der Waals surface area contributed by atoms with Crippen LogP contribution in [0.3, 0.4) is 0 Å². The molecule has 0 aliphatic carbocycles. The van der Waals surface area contributed by atoms with Crippen molar-refractivity contribution in [1.82, 2.24) is 19.7 Å². The maximum atomic E-state index is 13.3. The van der Waals surface area contributed by atoms with Crippen molar-refractivity contribution < 1.29 is 9.18 Å². The molecular formula is C20H16FN5O. The Balaban J connectivity index is 1.63. The second-order valence-electron chi connectivity index (χ2n) is 6.21. The highest BCUT2D eigenvalue weighted by molar-refractivity contribution is 6.02. The maximum absolute atomic E-state index is 13.3. The predicted octanol–water partition coefficient (Wildman–Crippen LogP) is 3.73. The van der Waals surface area contributed by atoms with Crippen molar-refractivity contribution in [1.29, 1.82) is 0 Å². The normalized spacial score (nSPS) is 10.9. The molecule has 4 rings (SSSR count). The lowest BCUT2D eigenvalue weighted by Crippen LogP contribution is -2.17. The van der Waals surface area contributed by atoms with Crippen LogP contribution in [0.15, 0.2) is 54.9 Å². The Morgan fingerprint density at radius 1 is 1.15 bits per heavy atom. The molecule has 1 N–H and O–H groups in total. The van der Waals surface area contributed by atoms with Crippen LogP contribution in [0.4, 0.5) is 10.2 Å². The molecule has 7 heteroatoms. The number of carbonyl (C=O) groups is 1. The van der Waals surface area contributed by atoms with E-state index in [1.807, 2.05) is 19.1 Å². The Kier molecular flexibility index (Phi) is 4.12. The number of hydrogen-bond acceptors (Lipinski definition) is 4. The van der Waals surface area contributed by atoms with Crippen LogP contribution >= 0.6 is 0 Å². The summed E-state index contributed by atoms with van der Waals surface area (Å²) in [6, 6.07) is 11.6. The molecule has 0 saturated heterocycles. The summed E-state index contributed by atoms with van der Waals surface area (Å²) >= 11 is 0. The standard InChI is InChI=1S/C20H16FN5O/c1-12-9-19(25-20(27)18-7-8-23-26(18)2)22-11-15(12)17-5-3-13-10-14(21)4-6-16(13)24-17/h3-11H,1-2H3,(H,22,25,27). The number of fused-ring (bicyclic) bond motifs is 1. The van der Waals surface area contributed by atoms with Crippen molar-refractivity contribution in [2.45, 2.75) is 6.92 Å². The van der Waals surface area contributed by atoms with E-state index in [0.717, 1.165) is 22.2 Å². The topological polar surface area (TPSA) is 72.7 Å². The van der Waals surface area contributed by atoms with Gasteiger partial charge in [0.1, 0.15) is 17.3 Å². The lowest BCUT2D eigenvalue weighted by atomic mass is 10.1. The van der Waals surface area contributed by atoms with Crippen molar-refractivity contribution in [2.24, 2.45) is 7.05 Å². The molecule has 0 fully saturated rings. The fourth-order valence-corrected chi connectivity index (χ4v) is 2.92. The van der Waals surface area contributed by atoms with Gasteiger partial charge in [-0.1, -0.05) is 6.07 Å². The van der Waals surface area contributed by atoms with E-state index < -0.39 is 0 Å². The number of aryl methyl sites for hydroxylation is 2. The average Bonchev–Trinajstić information content (AvgIpc) is 3.07. The summed E-state index contributed by atoms with van der Waals surface area (Å²) in [7, 11) is 1.70. The predicted molar refractivity (Wildman–Crippen MR) is 101 cm³/mol. The number of amides is 1. The third kappa shape index (κ3) is 3.27. The van der Waals surface area contributed by atoms with Crippen LogP contribution in [-0.2, 0) is 7.05 Å². The molecule has 3 heterocycles. The molecule has 6 nitrogen and oxygen atoms in total. The zero-order valence-electron chi connectivity index (χ0n) is 14.8. The van der Waals surface area contributed by atoms with Crippen LogP contribution < -0.4 is 5.32 Å². The largest absolute Gasteiger partial charge is 0.305 e. The molecule has 134 valence electrons. The number of nitrogens with one attached hydrogen (secondary N) is 1. The number of pyridine rings is 2. The minimum absolute atomic E-state index is 0.277. The number of nitrogens with zero attached hydrogens (tertiary/aromatic N) is 4. The van der Waals surface area contributed by atoms with Crippen LogP contribution in [0.2, 0.25) is 0 Å². The smallest absolute Gasteiger partial charge is 0.275 e. The van der Waals surface area contributed by atoms with Gasteiger partial charge in [0, 0.05) is 30.4 Å². The van der Waals surface area contributed by atoms with Gasteiger partial charge in [0.15, 0.2) is 0 Å². The Hall–Kier alpha value is -3.61. The first-order valence-electron chi connectivity index (χ1n) is 8.34. The molecule has 0 spiro atoms. The molecule has 27 heavy (non-hydrogen) atoms. The Bertz CT molecular complexity index is 1170. The van der Waals surface area contributed by atoms with E-state index in [2.05, 4.69) is 20.4 Å². The average molecular weight is 361 g/mol. The molecule has 0 bridgehead atoms. The number of aromatic nitrogens is 4. The molecule has 0 radical (unpaired) electrons. The number of rotatable bonds is 3. The first kappa shape index (κ1) is 16.8. The van der Waals surface area contributed by atoms with Crippen molar-refractivity contribution in [2.75, 3.05) is 5.32 Å². The van der Waals surface area contributed by atoms with Crippen molar-refractivity contribution in [3.8, 4) is 11.3 Å². The fraction of sp³-hybridized carbons (Fsp3) is 0.100. The first-order chi connectivity index (χ1) is 13.0. The van der Waals surface area contributed by atoms with E-state index in [4.69, 9.17) is 0 Å². The fourth-order valence-electron chi connectivity index (χ4n) is 2.92. The number of halogens is 1. The molecule has 1 aromatic carbocycles. The first-order valence-corrected chi connectivity index (χ1v) is 8.34. The van der Waals surface area contributed by atoms with Gasteiger partial charge in [-0.25, -0.2) is 14.4 Å². The van der Waals surface area contributed by atoms with Crippen LogP contribution in [0.25, 0.3) is 22.2 Å². The molecule has 0 atom stereocenters. The maximum Gasteiger partial charge on any atom is 0.275 e. The summed E-state index contributed by atoms with van der Waals surface area (Å²) in [6.07, 6.45) is 3.24. The van der Waals surface area contributed by atoms with Crippen LogP contribution in [0, 0.1) is 12.7 Å². The quantitative estimate of drug-likeness (QED) is 0.603. The molecule has 1 amide bonds. The summed E-state index contributed by atoms with van der Waals surface area (Å²) in [5, 5.41) is 7.49. The SMILES string of the molecule is Cc1cc(NC(=O)c2ccnn2C)ncc1-c1ccc2cc(F)ccc2n1. The Morgan fingerprint density at radius 2 is 2.00 bits per heavy atom. The summed E-state index contributed by atoms with van der Waals surface area (Å²) < 4.78 is 14.8. The van der Waals surface area contributed by atoms with E-state index >= 15 is 0 Å². The summed E-state index contributed by atoms with van der Waals surface area (Å²) in [6.45, 7) is 1.92. The number of carbonyl (C=O) groups excluding carboxylic acids is 1. The molecule has 4 aromatic rings. The molecule has 0 aliphatic rings. The minimum atomic E-state index is -0.289. The number of benzene rings is 1. The van der Waals surface area contributed by atoms with Crippen molar-refractivity contribution >= 4 is 22.6 Å². The van der Waals surface area contributed by atoms with E-state index in [0.29, 0.717) is 17.0 Å². The highest BCUT2D eigenvalue weighted by Crippen LogP contribution is 2.25. The lowest BCUT2D eigenvalue weighted by Gasteiger charge is -2.10. The van der Waals surface area contributed by atoms with E-state index in [1.54, 1.807) is 37.6 Å². The zero-order chi connectivity index (χ0) is 19.0. The molecule has 0 saturated carbocycles. The van der Waals surface area contributed by atoms with Crippen molar-refractivity contribution in [3.63, 3.8) is 0 Å². The van der Waals surface area contributed by atoms with Crippen LogP contribution in [0.1, 0.15) is 16.1 Å². The second kappa shape index (κ2) is 6.60. The number of hydrogen-bond donors (Lipinski definition) is 1. The monoisotopic (exact) mass is 361 g/mol. The van der Waals surface area contributed by atoms with Crippen LogP contribution in [-0.4, -0.2) is 25.7 Å². The van der Waals surface area contributed by atoms with Crippen molar-refractivity contribution in [3.05, 3.63) is 71.9 Å². The third-order valence-corrected chi connectivity index (χ3v) is 4.33. The van der Waals surface area contributed by atoms with Crippen LogP contribution in [0.5, 0.6) is 0 Å². The molecule has 0 unspecified atom stereocenters. The zero-order valence-corrected chi connectivity index (χ0v) is 14.8. The van der Waals surface area contributed by atoms with Gasteiger partial charge in [0.2, 0.25) is 0 Å². The molecular weight excluding hydrogens is 345 g/mol. The number of anilines is 1. The lowest BCUT2D eigenvalue weighted by molar-refractivity contribution is 0.101. The minimum Gasteiger partial charge on any atom is -0.305 e. The molecule has 0 aliphatic heterocycles. The van der Waals surface area contributed by atoms with Gasteiger partial charge in [-0.15, -0.1) is 0 Å². The summed E-state index contributed by atoms with van der Waals surface area (Å²) in [4.78, 5) is 21.2. The van der Waals surface area contributed by atoms with E-state index in [-0.39, 0.29) is 11.7 Å². The van der Waals surface area contributed by atoms with Gasteiger partial charge in [-0.2, -0.15) is 5.10 Å². The van der Waals surface area contributed by atoms with Gasteiger partial charge < -0.3 is 5.32 Å². The Morgan fingerprint density at radius 3 is 2.74 bits per heavy atom.